The maximum atomic E-state index is 13.3. The molecule has 35 heavy (non-hydrogen) atoms. The molecule has 4 rings (SSSR count). The van der Waals surface area contributed by atoms with E-state index >= 15 is 0 Å². The molecule has 2 N–H and O–H groups in total. The van der Waals surface area contributed by atoms with Crippen LogP contribution in [-0.2, 0) is 32.5 Å². The van der Waals surface area contributed by atoms with Crippen molar-refractivity contribution in [1.82, 2.24) is 9.71 Å². The lowest BCUT2D eigenvalue weighted by molar-refractivity contribution is -0.118. The van der Waals surface area contributed by atoms with Crippen molar-refractivity contribution in [1.29, 1.82) is 0 Å². The first-order valence-corrected chi connectivity index (χ1v) is 12.8. The summed E-state index contributed by atoms with van der Waals surface area (Å²) in [6.07, 6.45) is 2.35. The van der Waals surface area contributed by atoms with Gasteiger partial charge in [-0.3, -0.25) is 9.59 Å². The number of fused-ring (bicyclic) bond motifs is 1. The smallest absolute Gasteiger partial charge is 0.244 e. The Bertz CT molecular complexity index is 1340. The molecule has 0 spiro atoms. The van der Waals surface area contributed by atoms with Gasteiger partial charge in [-0.1, -0.05) is 36.4 Å². The Kier molecular flexibility index (Phi) is 7.00. The van der Waals surface area contributed by atoms with Crippen LogP contribution >= 0.6 is 0 Å². The van der Waals surface area contributed by atoms with Gasteiger partial charge in [0, 0.05) is 24.8 Å². The number of anilines is 2. The number of carbonyl (C=O) groups excluding carboxylic acids is 2. The number of benzene rings is 2. The predicted octanol–water partition coefficient (Wildman–Crippen LogP) is 3.22. The monoisotopic (exact) mass is 492 g/mol. The standard InChI is InChI=1S/C26H28N4O4S/c1-17-9-12-25(27-16-17)28-26(32)23(14-20-7-5-4-6-8-20)29-35(33,34)22-10-11-24-21(15-22)13-18(2)30(24)19(3)31/h4-12,15-16,18,23,29H,13-14H2,1-3H3,(H,27,28,32)/t18-,23-/m1/s1. The SMILES string of the molecule is CC(=O)N1c2ccc(S(=O)(=O)N[C@H](Cc3ccccc3)C(=O)Nc3ccc(C)cn3)cc2C[C@H]1C. The molecule has 8 nitrogen and oxygen atoms in total. The summed E-state index contributed by atoms with van der Waals surface area (Å²) in [6.45, 7) is 5.30. The molecule has 2 amide bonds. The average Bonchev–Trinajstić information content (AvgIpc) is 3.15. The third-order valence-electron chi connectivity index (χ3n) is 5.98. The lowest BCUT2D eigenvalue weighted by Gasteiger charge is -2.21. The fourth-order valence-electron chi connectivity index (χ4n) is 4.30. The molecule has 3 aromatic rings. The molecule has 2 heterocycles. The predicted molar refractivity (Wildman–Crippen MR) is 135 cm³/mol. The van der Waals surface area contributed by atoms with Gasteiger partial charge in [0.1, 0.15) is 11.9 Å². The molecule has 0 bridgehead atoms. The molecular formula is C26H28N4O4S. The minimum absolute atomic E-state index is 0.0490. The van der Waals surface area contributed by atoms with E-state index in [0.717, 1.165) is 16.7 Å². The summed E-state index contributed by atoms with van der Waals surface area (Å²) >= 11 is 0. The van der Waals surface area contributed by atoms with Gasteiger partial charge in [-0.2, -0.15) is 4.72 Å². The van der Waals surface area contributed by atoms with Crippen LogP contribution in [0.2, 0.25) is 0 Å². The maximum Gasteiger partial charge on any atom is 0.244 e. The third-order valence-corrected chi connectivity index (χ3v) is 7.44. The molecule has 1 aromatic heterocycles. The molecule has 0 fully saturated rings. The molecule has 0 radical (unpaired) electrons. The summed E-state index contributed by atoms with van der Waals surface area (Å²) in [5.41, 5.74) is 3.25. The van der Waals surface area contributed by atoms with Gasteiger partial charge in [-0.15, -0.1) is 0 Å². The Labute approximate surface area is 205 Å². The topological polar surface area (TPSA) is 108 Å². The highest BCUT2D eigenvalue weighted by atomic mass is 32.2. The van der Waals surface area contributed by atoms with Gasteiger partial charge >= 0.3 is 0 Å². The number of amides is 2. The van der Waals surface area contributed by atoms with E-state index in [-0.39, 0.29) is 23.3 Å². The lowest BCUT2D eigenvalue weighted by atomic mass is 10.1. The van der Waals surface area contributed by atoms with Gasteiger partial charge < -0.3 is 10.2 Å². The molecule has 9 heteroatoms. The molecule has 0 saturated carbocycles. The van der Waals surface area contributed by atoms with E-state index in [1.165, 1.54) is 13.0 Å². The number of rotatable bonds is 7. The number of carbonyl (C=O) groups is 2. The molecule has 0 unspecified atom stereocenters. The number of pyridine rings is 1. The number of aryl methyl sites for hydroxylation is 1. The van der Waals surface area contributed by atoms with Crippen molar-refractivity contribution in [2.45, 2.75) is 50.6 Å². The molecule has 0 saturated heterocycles. The summed E-state index contributed by atoms with van der Waals surface area (Å²) in [4.78, 5) is 31.1. The van der Waals surface area contributed by atoms with E-state index < -0.39 is 22.0 Å². The second kappa shape index (κ2) is 9.97. The highest BCUT2D eigenvalue weighted by molar-refractivity contribution is 7.89. The Balaban J connectivity index is 1.60. The van der Waals surface area contributed by atoms with E-state index in [1.807, 2.05) is 50.2 Å². The molecule has 1 aliphatic heterocycles. The Morgan fingerprint density at radius 1 is 1.11 bits per heavy atom. The van der Waals surface area contributed by atoms with Crippen molar-refractivity contribution >= 4 is 33.3 Å². The molecule has 1 aliphatic rings. The van der Waals surface area contributed by atoms with Crippen LogP contribution in [0.4, 0.5) is 11.5 Å². The van der Waals surface area contributed by atoms with Crippen molar-refractivity contribution < 1.29 is 18.0 Å². The largest absolute Gasteiger partial charge is 0.309 e. The molecule has 2 aromatic carbocycles. The first kappa shape index (κ1) is 24.6. The lowest BCUT2D eigenvalue weighted by Crippen LogP contribution is -2.45. The zero-order valence-corrected chi connectivity index (χ0v) is 20.7. The first-order valence-electron chi connectivity index (χ1n) is 11.4. The van der Waals surface area contributed by atoms with Crippen LogP contribution in [0.3, 0.4) is 0 Å². The van der Waals surface area contributed by atoms with Gasteiger partial charge in [0.25, 0.3) is 0 Å². The van der Waals surface area contributed by atoms with Crippen molar-refractivity contribution in [3.8, 4) is 0 Å². The summed E-state index contributed by atoms with van der Waals surface area (Å²) in [6, 6.07) is 16.3. The second-order valence-electron chi connectivity index (χ2n) is 8.81. The van der Waals surface area contributed by atoms with Crippen LogP contribution < -0.4 is 14.9 Å². The van der Waals surface area contributed by atoms with Crippen molar-refractivity contribution in [2.75, 3.05) is 10.2 Å². The number of hydrogen-bond acceptors (Lipinski definition) is 5. The van der Waals surface area contributed by atoms with E-state index in [2.05, 4.69) is 15.0 Å². The normalized spacial score (nSPS) is 16.0. The van der Waals surface area contributed by atoms with E-state index in [9.17, 15) is 18.0 Å². The van der Waals surface area contributed by atoms with E-state index in [4.69, 9.17) is 0 Å². The van der Waals surface area contributed by atoms with Crippen molar-refractivity contribution in [3.05, 3.63) is 83.6 Å². The number of nitrogens with zero attached hydrogens (tertiary/aromatic N) is 2. The molecule has 182 valence electrons. The summed E-state index contributed by atoms with van der Waals surface area (Å²) in [5.74, 6) is -0.255. The van der Waals surface area contributed by atoms with Crippen LogP contribution in [0.15, 0.2) is 71.8 Å². The first-order chi connectivity index (χ1) is 16.6. The van der Waals surface area contributed by atoms with Crippen molar-refractivity contribution in [3.63, 3.8) is 0 Å². The van der Waals surface area contributed by atoms with Crippen LogP contribution in [0, 0.1) is 6.92 Å². The van der Waals surface area contributed by atoms with Crippen LogP contribution in [-0.4, -0.2) is 37.3 Å². The van der Waals surface area contributed by atoms with Gasteiger partial charge in [0.2, 0.25) is 21.8 Å². The minimum atomic E-state index is -4.04. The Morgan fingerprint density at radius 2 is 1.86 bits per heavy atom. The van der Waals surface area contributed by atoms with E-state index in [1.54, 1.807) is 29.3 Å². The maximum absolute atomic E-state index is 13.3. The van der Waals surface area contributed by atoms with Crippen LogP contribution in [0.25, 0.3) is 0 Å². The fraction of sp³-hybridized carbons (Fsp3) is 0.269. The Hall–Kier alpha value is -3.56. The highest BCUT2D eigenvalue weighted by Gasteiger charge is 2.32. The molecule has 0 aliphatic carbocycles. The second-order valence-corrected chi connectivity index (χ2v) is 10.5. The highest BCUT2D eigenvalue weighted by Crippen LogP contribution is 2.34. The fourth-order valence-corrected chi connectivity index (χ4v) is 5.55. The van der Waals surface area contributed by atoms with Gasteiger partial charge in [-0.05, 0) is 67.6 Å². The average molecular weight is 493 g/mol. The zero-order valence-electron chi connectivity index (χ0n) is 19.9. The number of nitrogens with one attached hydrogen (secondary N) is 2. The van der Waals surface area contributed by atoms with Crippen molar-refractivity contribution in [2.24, 2.45) is 0 Å². The third kappa shape index (κ3) is 5.58. The number of sulfonamides is 1. The summed E-state index contributed by atoms with van der Waals surface area (Å²) in [7, 11) is -4.04. The molecule has 2 atom stereocenters. The van der Waals surface area contributed by atoms with Gasteiger partial charge in [-0.25, -0.2) is 13.4 Å². The van der Waals surface area contributed by atoms with Gasteiger partial charge in [0.15, 0.2) is 0 Å². The minimum Gasteiger partial charge on any atom is -0.309 e. The van der Waals surface area contributed by atoms with Crippen LogP contribution in [0.1, 0.15) is 30.5 Å². The number of hydrogen-bond donors (Lipinski definition) is 2. The summed E-state index contributed by atoms with van der Waals surface area (Å²) in [5, 5.41) is 2.71. The zero-order chi connectivity index (χ0) is 25.2. The Morgan fingerprint density at radius 3 is 2.51 bits per heavy atom. The van der Waals surface area contributed by atoms with Gasteiger partial charge in [0.05, 0.1) is 4.90 Å². The quantitative estimate of drug-likeness (QED) is 0.527. The van der Waals surface area contributed by atoms with Crippen LogP contribution in [0.5, 0.6) is 0 Å². The van der Waals surface area contributed by atoms with E-state index in [0.29, 0.717) is 17.9 Å². The summed E-state index contributed by atoms with van der Waals surface area (Å²) < 4.78 is 29.3. The number of aromatic nitrogens is 1. The molecular weight excluding hydrogens is 464 g/mol.